The van der Waals surface area contributed by atoms with E-state index in [2.05, 4.69) is 15.0 Å². The molecule has 0 spiro atoms. The average Bonchev–Trinajstić information content (AvgIpc) is 2.87. The predicted molar refractivity (Wildman–Crippen MR) is 81.8 cm³/mol. The van der Waals surface area contributed by atoms with E-state index in [-0.39, 0.29) is 17.1 Å². The van der Waals surface area contributed by atoms with E-state index in [9.17, 15) is 13.2 Å². The van der Waals surface area contributed by atoms with Crippen molar-refractivity contribution in [3.63, 3.8) is 0 Å². The lowest BCUT2D eigenvalue weighted by Crippen LogP contribution is -2.26. The van der Waals surface area contributed by atoms with Crippen LogP contribution in [-0.2, 0) is 16.6 Å². The fourth-order valence-corrected chi connectivity index (χ4v) is 3.37. The van der Waals surface area contributed by atoms with Crippen LogP contribution in [0.5, 0.6) is 0 Å². The zero-order valence-corrected chi connectivity index (χ0v) is 12.6. The van der Waals surface area contributed by atoms with Gasteiger partial charge in [0.15, 0.2) is 0 Å². The number of nitrogens with one attached hydrogen (secondary N) is 2. The molecule has 1 aromatic carbocycles. The van der Waals surface area contributed by atoms with E-state index in [0.29, 0.717) is 11.0 Å². The van der Waals surface area contributed by atoms with Gasteiger partial charge in [0.2, 0.25) is 10.0 Å². The SMILES string of the molecule is CN(Cc1cccnc1)S(=O)(=O)c1ccc2[nH]c(=O)[nH]c2c1. The number of aromatic amines is 2. The Hall–Kier alpha value is -2.45. The van der Waals surface area contributed by atoms with Gasteiger partial charge in [0.05, 0.1) is 15.9 Å². The van der Waals surface area contributed by atoms with E-state index >= 15 is 0 Å². The molecule has 0 radical (unpaired) electrons. The monoisotopic (exact) mass is 318 g/mol. The Morgan fingerprint density at radius 2 is 1.95 bits per heavy atom. The standard InChI is InChI=1S/C14H14N4O3S/c1-18(9-10-3-2-6-15-8-10)22(20,21)11-4-5-12-13(7-11)17-14(19)16-12/h2-8H,9H2,1H3,(H2,16,17,19). The number of benzene rings is 1. The molecule has 2 N–H and O–H groups in total. The van der Waals surface area contributed by atoms with Gasteiger partial charge in [0.1, 0.15) is 0 Å². The van der Waals surface area contributed by atoms with E-state index < -0.39 is 10.0 Å². The lowest BCUT2D eigenvalue weighted by atomic mass is 10.3. The summed E-state index contributed by atoms with van der Waals surface area (Å²) in [7, 11) is -2.14. The quantitative estimate of drug-likeness (QED) is 0.751. The Kier molecular flexibility index (Phi) is 3.55. The van der Waals surface area contributed by atoms with Crippen LogP contribution in [0, 0.1) is 0 Å². The smallest absolute Gasteiger partial charge is 0.306 e. The van der Waals surface area contributed by atoms with Crippen LogP contribution in [0.1, 0.15) is 5.56 Å². The summed E-state index contributed by atoms with van der Waals surface area (Å²) in [5.74, 6) is 0. The second-order valence-electron chi connectivity index (χ2n) is 4.91. The normalized spacial score (nSPS) is 12.1. The van der Waals surface area contributed by atoms with Gasteiger partial charge in [0.25, 0.3) is 0 Å². The minimum absolute atomic E-state index is 0.127. The van der Waals surface area contributed by atoms with Crippen molar-refractivity contribution in [2.75, 3.05) is 7.05 Å². The van der Waals surface area contributed by atoms with Gasteiger partial charge in [0, 0.05) is 26.0 Å². The lowest BCUT2D eigenvalue weighted by molar-refractivity contribution is 0.466. The molecular weight excluding hydrogens is 304 g/mol. The lowest BCUT2D eigenvalue weighted by Gasteiger charge is -2.17. The van der Waals surface area contributed by atoms with Crippen molar-refractivity contribution >= 4 is 21.1 Å². The fourth-order valence-electron chi connectivity index (χ4n) is 2.19. The van der Waals surface area contributed by atoms with Crippen LogP contribution in [0.15, 0.2) is 52.4 Å². The van der Waals surface area contributed by atoms with Crippen molar-refractivity contribution in [2.45, 2.75) is 11.4 Å². The highest BCUT2D eigenvalue weighted by Gasteiger charge is 2.21. The number of nitrogens with zero attached hydrogens (tertiary/aromatic N) is 2. The van der Waals surface area contributed by atoms with E-state index in [1.807, 2.05) is 6.07 Å². The Balaban J connectivity index is 1.94. The summed E-state index contributed by atoms with van der Waals surface area (Å²) in [5, 5.41) is 0. The molecule has 0 fully saturated rings. The molecule has 7 nitrogen and oxygen atoms in total. The van der Waals surface area contributed by atoms with Crippen molar-refractivity contribution in [3.05, 3.63) is 58.8 Å². The van der Waals surface area contributed by atoms with Crippen molar-refractivity contribution in [1.82, 2.24) is 19.3 Å². The summed E-state index contributed by atoms with van der Waals surface area (Å²) in [4.78, 5) is 20.5. The van der Waals surface area contributed by atoms with Crippen molar-refractivity contribution in [1.29, 1.82) is 0 Å². The van der Waals surface area contributed by atoms with Gasteiger partial charge >= 0.3 is 5.69 Å². The van der Waals surface area contributed by atoms with Crippen molar-refractivity contribution in [3.8, 4) is 0 Å². The maximum absolute atomic E-state index is 12.6. The van der Waals surface area contributed by atoms with Crippen LogP contribution in [-0.4, -0.2) is 34.7 Å². The first kappa shape index (κ1) is 14.5. The number of rotatable bonds is 4. The maximum atomic E-state index is 12.6. The van der Waals surface area contributed by atoms with Gasteiger partial charge in [-0.15, -0.1) is 0 Å². The number of fused-ring (bicyclic) bond motifs is 1. The third-order valence-electron chi connectivity index (χ3n) is 3.32. The number of hydrogen-bond acceptors (Lipinski definition) is 4. The first-order valence-corrected chi connectivity index (χ1v) is 7.98. The first-order valence-electron chi connectivity index (χ1n) is 6.54. The van der Waals surface area contributed by atoms with Crippen LogP contribution in [0.3, 0.4) is 0 Å². The molecule has 0 amide bonds. The van der Waals surface area contributed by atoms with Gasteiger partial charge in [-0.2, -0.15) is 4.31 Å². The first-order chi connectivity index (χ1) is 10.5. The van der Waals surface area contributed by atoms with Crippen molar-refractivity contribution < 1.29 is 8.42 Å². The van der Waals surface area contributed by atoms with E-state index in [0.717, 1.165) is 5.56 Å². The minimum Gasteiger partial charge on any atom is -0.306 e. The van der Waals surface area contributed by atoms with Crippen LogP contribution in [0.2, 0.25) is 0 Å². The highest BCUT2D eigenvalue weighted by Crippen LogP contribution is 2.19. The predicted octanol–water partition coefficient (Wildman–Crippen LogP) is 1.07. The van der Waals surface area contributed by atoms with Gasteiger partial charge in [-0.1, -0.05) is 6.07 Å². The molecule has 0 saturated heterocycles. The summed E-state index contributed by atoms with van der Waals surface area (Å²) in [5.41, 5.74) is 1.46. The molecular formula is C14H14N4O3S. The second kappa shape index (κ2) is 5.39. The summed E-state index contributed by atoms with van der Waals surface area (Å²) in [6.45, 7) is 0.220. The summed E-state index contributed by atoms with van der Waals surface area (Å²) in [6, 6.07) is 8.06. The molecule has 2 heterocycles. The van der Waals surface area contributed by atoms with Gasteiger partial charge in [-0.3, -0.25) is 4.98 Å². The molecule has 0 atom stereocenters. The van der Waals surface area contributed by atoms with Gasteiger partial charge < -0.3 is 9.97 Å². The molecule has 0 aliphatic carbocycles. The molecule has 0 unspecified atom stereocenters. The molecule has 3 aromatic rings. The van der Waals surface area contributed by atoms with Crippen LogP contribution in [0.4, 0.5) is 0 Å². The number of H-pyrrole nitrogens is 2. The van der Waals surface area contributed by atoms with Crippen molar-refractivity contribution in [2.24, 2.45) is 0 Å². The largest absolute Gasteiger partial charge is 0.323 e. The molecule has 0 aliphatic rings. The molecule has 114 valence electrons. The number of imidazole rings is 1. The summed E-state index contributed by atoms with van der Waals surface area (Å²) < 4.78 is 26.4. The zero-order valence-electron chi connectivity index (χ0n) is 11.8. The van der Waals surface area contributed by atoms with Crippen LogP contribution in [0.25, 0.3) is 11.0 Å². The topological polar surface area (TPSA) is 98.9 Å². The number of sulfonamides is 1. The second-order valence-corrected chi connectivity index (χ2v) is 6.95. The molecule has 3 rings (SSSR count). The average molecular weight is 318 g/mol. The van der Waals surface area contributed by atoms with E-state index in [1.165, 1.54) is 23.5 Å². The molecule has 2 aromatic heterocycles. The molecule has 22 heavy (non-hydrogen) atoms. The molecule has 0 aliphatic heterocycles. The zero-order chi connectivity index (χ0) is 15.7. The van der Waals surface area contributed by atoms with E-state index in [1.54, 1.807) is 24.5 Å². The van der Waals surface area contributed by atoms with Crippen LogP contribution < -0.4 is 5.69 Å². The summed E-state index contributed by atoms with van der Waals surface area (Å²) in [6.07, 6.45) is 3.26. The van der Waals surface area contributed by atoms with Gasteiger partial charge in [-0.25, -0.2) is 13.2 Å². The number of aromatic nitrogens is 3. The molecule has 0 bridgehead atoms. The van der Waals surface area contributed by atoms with E-state index in [4.69, 9.17) is 0 Å². The highest BCUT2D eigenvalue weighted by atomic mass is 32.2. The highest BCUT2D eigenvalue weighted by molar-refractivity contribution is 7.89. The Labute approximate surface area is 126 Å². The Morgan fingerprint density at radius 3 is 2.68 bits per heavy atom. The molecule has 8 heteroatoms. The van der Waals surface area contributed by atoms with Gasteiger partial charge in [-0.05, 0) is 29.8 Å². The van der Waals surface area contributed by atoms with Crippen LogP contribution >= 0.6 is 0 Å². The summed E-state index contributed by atoms with van der Waals surface area (Å²) >= 11 is 0. The number of hydrogen-bond donors (Lipinski definition) is 2. The fraction of sp³-hybridized carbons (Fsp3) is 0.143. The number of pyridine rings is 1. The maximum Gasteiger partial charge on any atom is 0.323 e. The molecule has 0 saturated carbocycles. The third-order valence-corrected chi connectivity index (χ3v) is 5.12. The third kappa shape index (κ3) is 2.66. The minimum atomic E-state index is -3.65. The Morgan fingerprint density at radius 1 is 1.18 bits per heavy atom. The Bertz CT molecular complexity index is 960.